The van der Waals surface area contributed by atoms with Crippen LogP contribution in [0.2, 0.25) is 0 Å². The summed E-state index contributed by atoms with van der Waals surface area (Å²) >= 11 is 0. The van der Waals surface area contributed by atoms with Crippen LogP contribution in [0.3, 0.4) is 0 Å². The lowest BCUT2D eigenvalue weighted by Gasteiger charge is -2.40. The topological polar surface area (TPSA) is 95.6 Å². The summed E-state index contributed by atoms with van der Waals surface area (Å²) in [5.41, 5.74) is 2.38. The monoisotopic (exact) mass is 442 g/mol. The Morgan fingerprint density at radius 2 is 2.06 bits per heavy atom. The molecule has 32 heavy (non-hydrogen) atoms. The van der Waals surface area contributed by atoms with Crippen LogP contribution in [0.5, 0.6) is 0 Å². The molecule has 1 N–H and O–H groups in total. The number of piperazine rings is 1. The van der Waals surface area contributed by atoms with Gasteiger partial charge in [0, 0.05) is 31.7 Å². The maximum Gasteiger partial charge on any atom is 0.267 e. The van der Waals surface area contributed by atoms with Gasteiger partial charge in [0.1, 0.15) is 12.4 Å². The Morgan fingerprint density at radius 1 is 1.25 bits per heavy atom. The molecule has 1 atom stereocenters. The molecule has 2 fully saturated rings. The normalized spacial score (nSPS) is 19.3. The SMILES string of the molecule is Cc1c(Cc2ccc(F)c(C(=O)N3CCN([C@@H]4CCCOC4)C(=O)C3)c2)n[nH]c(=O)c1C. The molecule has 1 aromatic heterocycles. The van der Waals surface area contributed by atoms with Crippen LogP contribution in [0, 0.1) is 19.7 Å². The lowest BCUT2D eigenvalue weighted by Crippen LogP contribution is -2.57. The van der Waals surface area contributed by atoms with Gasteiger partial charge < -0.3 is 14.5 Å². The summed E-state index contributed by atoms with van der Waals surface area (Å²) in [7, 11) is 0. The first-order valence-electron chi connectivity index (χ1n) is 10.8. The molecule has 2 aliphatic rings. The largest absolute Gasteiger partial charge is 0.379 e. The first-order valence-corrected chi connectivity index (χ1v) is 10.8. The summed E-state index contributed by atoms with van der Waals surface area (Å²) in [6, 6.07) is 4.41. The number of carbonyl (C=O) groups excluding carboxylic acids is 2. The number of nitrogens with zero attached hydrogens (tertiary/aromatic N) is 3. The van der Waals surface area contributed by atoms with E-state index in [2.05, 4.69) is 10.2 Å². The highest BCUT2D eigenvalue weighted by atomic mass is 19.1. The third-order valence-electron chi connectivity index (χ3n) is 6.38. The molecule has 4 rings (SSSR count). The molecule has 0 bridgehead atoms. The summed E-state index contributed by atoms with van der Waals surface area (Å²) < 4.78 is 20.0. The Kier molecular flexibility index (Phi) is 6.36. The molecule has 2 amide bonds. The molecular formula is C23H27FN4O4. The minimum atomic E-state index is -0.628. The Balaban J connectivity index is 1.49. The van der Waals surface area contributed by atoms with E-state index in [-0.39, 0.29) is 29.6 Å². The minimum Gasteiger partial charge on any atom is -0.379 e. The molecule has 2 aromatic rings. The fourth-order valence-corrected chi connectivity index (χ4v) is 4.27. The van der Waals surface area contributed by atoms with Crippen LogP contribution in [0.1, 0.15) is 45.6 Å². The van der Waals surface area contributed by atoms with E-state index in [4.69, 9.17) is 4.74 Å². The van der Waals surface area contributed by atoms with Crippen molar-refractivity contribution in [2.75, 3.05) is 32.8 Å². The van der Waals surface area contributed by atoms with Crippen LogP contribution >= 0.6 is 0 Å². The third-order valence-corrected chi connectivity index (χ3v) is 6.38. The van der Waals surface area contributed by atoms with Gasteiger partial charge in [0.2, 0.25) is 5.91 Å². The number of amides is 2. The molecule has 0 unspecified atom stereocenters. The van der Waals surface area contributed by atoms with Gasteiger partial charge in [0.05, 0.1) is 23.9 Å². The average molecular weight is 442 g/mol. The molecule has 9 heteroatoms. The summed E-state index contributed by atoms with van der Waals surface area (Å²) in [5.74, 6) is -1.27. The van der Waals surface area contributed by atoms with Crippen molar-refractivity contribution < 1.29 is 18.7 Å². The van der Waals surface area contributed by atoms with Crippen molar-refractivity contribution in [1.82, 2.24) is 20.0 Å². The highest BCUT2D eigenvalue weighted by Crippen LogP contribution is 2.20. The first-order chi connectivity index (χ1) is 15.3. The van der Waals surface area contributed by atoms with E-state index in [1.807, 2.05) is 6.92 Å². The molecular weight excluding hydrogens is 415 g/mol. The lowest BCUT2D eigenvalue weighted by molar-refractivity contribution is -0.140. The Labute approximate surface area is 185 Å². The number of aromatic nitrogens is 2. The number of halogens is 1. The second-order valence-corrected chi connectivity index (χ2v) is 8.43. The smallest absolute Gasteiger partial charge is 0.267 e. The van der Waals surface area contributed by atoms with Crippen molar-refractivity contribution in [3.8, 4) is 0 Å². The number of H-pyrrole nitrogens is 1. The van der Waals surface area contributed by atoms with Gasteiger partial charge in [-0.3, -0.25) is 14.4 Å². The van der Waals surface area contributed by atoms with Gasteiger partial charge in [-0.25, -0.2) is 9.49 Å². The molecule has 0 saturated carbocycles. The van der Waals surface area contributed by atoms with Crippen LogP contribution < -0.4 is 5.56 Å². The van der Waals surface area contributed by atoms with Crippen molar-refractivity contribution in [1.29, 1.82) is 0 Å². The van der Waals surface area contributed by atoms with Gasteiger partial charge in [-0.05, 0) is 49.9 Å². The standard InChI is InChI=1S/C23H27FN4O4/c1-14-15(2)22(30)26-25-20(14)11-16-5-6-19(24)18(10-16)23(31)27-7-8-28(21(29)12-27)17-4-3-9-32-13-17/h5-6,10,17H,3-4,7-9,11-13H2,1-2H3,(H,26,30)/t17-/m1/s1. The second kappa shape index (κ2) is 9.20. The molecule has 0 aliphatic carbocycles. The van der Waals surface area contributed by atoms with Gasteiger partial charge in [-0.2, -0.15) is 5.10 Å². The summed E-state index contributed by atoms with van der Waals surface area (Å²) in [6.45, 7) is 5.46. The Morgan fingerprint density at radius 3 is 2.78 bits per heavy atom. The van der Waals surface area contributed by atoms with Crippen LogP contribution in [-0.4, -0.2) is 70.7 Å². The van der Waals surface area contributed by atoms with Crippen molar-refractivity contribution >= 4 is 11.8 Å². The van der Waals surface area contributed by atoms with E-state index in [0.717, 1.165) is 18.4 Å². The number of hydrogen-bond acceptors (Lipinski definition) is 5. The van der Waals surface area contributed by atoms with Crippen molar-refractivity contribution in [3.05, 3.63) is 62.3 Å². The maximum absolute atomic E-state index is 14.6. The van der Waals surface area contributed by atoms with Crippen LogP contribution in [-0.2, 0) is 16.0 Å². The van der Waals surface area contributed by atoms with Crippen molar-refractivity contribution in [2.24, 2.45) is 0 Å². The third kappa shape index (κ3) is 4.43. The van der Waals surface area contributed by atoms with E-state index in [9.17, 15) is 18.8 Å². The van der Waals surface area contributed by atoms with Crippen LogP contribution in [0.25, 0.3) is 0 Å². The van der Waals surface area contributed by atoms with Crippen molar-refractivity contribution in [3.63, 3.8) is 0 Å². The Hall–Kier alpha value is -3.07. The quantitative estimate of drug-likeness (QED) is 0.776. The number of benzene rings is 1. The molecule has 2 aliphatic heterocycles. The van der Waals surface area contributed by atoms with Gasteiger partial charge in [-0.15, -0.1) is 0 Å². The van der Waals surface area contributed by atoms with Gasteiger partial charge >= 0.3 is 0 Å². The van der Waals surface area contributed by atoms with E-state index in [1.54, 1.807) is 17.9 Å². The van der Waals surface area contributed by atoms with E-state index >= 15 is 0 Å². The predicted octanol–water partition coefficient (Wildman–Crippen LogP) is 1.58. The number of aromatic amines is 1. The minimum absolute atomic E-state index is 0.0464. The van der Waals surface area contributed by atoms with Crippen LogP contribution in [0.4, 0.5) is 4.39 Å². The molecule has 3 heterocycles. The fourth-order valence-electron chi connectivity index (χ4n) is 4.27. The molecule has 2 saturated heterocycles. The number of nitrogens with one attached hydrogen (secondary N) is 1. The molecule has 1 aromatic carbocycles. The van der Waals surface area contributed by atoms with E-state index in [1.165, 1.54) is 17.0 Å². The predicted molar refractivity (Wildman–Crippen MR) is 115 cm³/mol. The molecule has 170 valence electrons. The van der Waals surface area contributed by atoms with Gasteiger partial charge in [-0.1, -0.05) is 6.07 Å². The number of ether oxygens (including phenoxy) is 1. The molecule has 0 radical (unpaired) electrons. The van der Waals surface area contributed by atoms with Gasteiger partial charge in [0.25, 0.3) is 11.5 Å². The van der Waals surface area contributed by atoms with E-state index < -0.39 is 11.7 Å². The van der Waals surface area contributed by atoms with Gasteiger partial charge in [0.15, 0.2) is 0 Å². The number of carbonyl (C=O) groups is 2. The average Bonchev–Trinajstić information content (AvgIpc) is 2.80. The summed E-state index contributed by atoms with van der Waals surface area (Å²) in [5, 5.41) is 6.56. The molecule has 8 nitrogen and oxygen atoms in total. The highest BCUT2D eigenvalue weighted by Gasteiger charge is 2.33. The summed E-state index contributed by atoms with van der Waals surface area (Å²) in [4.78, 5) is 40.6. The maximum atomic E-state index is 14.6. The highest BCUT2D eigenvalue weighted by molar-refractivity contribution is 5.97. The zero-order valence-corrected chi connectivity index (χ0v) is 18.3. The van der Waals surface area contributed by atoms with Crippen molar-refractivity contribution in [2.45, 2.75) is 39.2 Å². The lowest BCUT2D eigenvalue weighted by atomic mass is 10.0. The number of rotatable bonds is 4. The Bertz CT molecular complexity index is 1090. The van der Waals surface area contributed by atoms with E-state index in [0.29, 0.717) is 49.5 Å². The van der Waals surface area contributed by atoms with Crippen LogP contribution in [0.15, 0.2) is 23.0 Å². The zero-order chi connectivity index (χ0) is 22.8. The number of hydrogen-bond donors (Lipinski definition) is 1. The molecule has 0 spiro atoms. The summed E-state index contributed by atoms with van der Waals surface area (Å²) in [6.07, 6.45) is 2.16. The fraction of sp³-hybridized carbons (Fsp3) is 0.478. The second-order valence-electron chi connectivity index (χ2n) is 8.43. The zero-order valence-electron chi connectivity index (χ0n) is 18.3. The first kappa shape index (κ1) is 22.1.